The number of hydrogen-bond acceptors (Lipinski definition) is 3. The second kappa shape index (κ2) is 6.41. The number of carboxylic acids is 2. The number of carbonyl (C=O) groups is 2. The van der Waals surface area contributed by atoms with Crippen molar-refractivity contribution in [2.45, 2.75) is 45.6 Å². The van der Waals surface area contributed by atoms with Crippen LogP contribution in [0, 0.1) is 0 Å². The molecule has 2 N–H and O–H groups in total. The predicted octanol–water partition coefficient (Wildman–Crippen LogP) is 2.85. The highest BCUT2D eigenvalue weighted by Crippen LogP contribution is 2.35. The number of ether oxygens (including phenoxy) is 1. The summed E-state index contributed by atoms with van der Waals surface area (Å²) in [4.78, 5) is 22.5. The van der Waals surface area contributed by atoms with Crippen LogP contribution in [0.1, 0.15) is 50.7 Å². The monoisotopic (exact) mass is 280 g/mol. The topological polar surface area (TPSA) is 83.8 Å². The standard InChI is InChI=1S/C15H20O5/c1-8(2)20-12-7-5-6-11(9(3)14(16)17)13(12)10(4)15(18)19/h5-10H,1-4H3,(H,16,17)(H,18,19). The third kappa shape index (κ3) is 3.50. The van der Waals surface area contributed by atoms with E-state index in [-0.39, 0.29) is 6.10 Å². The van der Waals surface area contributed by atoms with E-state index in [1.807, 2.05) is 13.8 Å². The van der Waals surface area contributed by atoms with E-state index in [0.717, 1.165) is 0 Å². The quantitative estimate of drug-likeness (QED) is 0.837. The molecule has 0 bridgehead atoms. The summed E-state index contributed by atoms with van der Waals surface area (Å²) in [7, 11) is 0. The van der Waals surface area contributed by atoms with Crippen LogP contribution in [0.15, 0.2) is 18.2 Å². The Balaban J connectivity index is 3.43. The van der Waals surface area contributed by atoms with E-state index in [9.17, 15) is 14.7 Å². The van der Waals surface area contributed by atoms with Gasteiger partial charge in [-0.3, -0.25) is 9.59 Å². The van der Waals surface area contributed by atoms with Crippen molar-refractivity contribution in [1.82, 2.24) is 0 Å². The lowest BCUT2D eigenvalue weighted by Gasteiger charge is -2.21. The third-order valence-corrected chi connectivity index (χ3v) is 3.10. The molecule has 0 aliphatic heterocycles. The highest BCUT2D eigenvalue weighted by Gasteiger charge is 2.27. The Morgan fingerprint density at radius 1 is 1.00 bits per heavy atom. The summed E-state index contributed by atoms with van der Waals surface area (Å²) in [6.07, 6.45) is -0.120. The number of hydrogen-bond donors (Lipinski definition) is 2. The van der Waals surface area contributed by atoms with Crippen molar-refractivity contribution in [3.63, 3.8) is 0 Å². The smallest absolute Gasteiger partial charge is 0.310 e. The molecular weight excluding hydrogens is 260 g/mol. The molecule has 5 heteroatoms. The van der Waals surface area contributed by atoms with Gasteiger partial charge in [-0.25, -0.2) is 0 Å². The molecule has 0 aromatic heterocycles. The van der Waals surface area contributed by atoms with Crippen molar-refractivity contribution >= 4 is 11.9 Å². The molecular formula is C15H20O5. The zero-order valence-electron chi connectivity index (χ0n) is 12.1. The molecule has 110 valence electrons. The second-order valence-electron chi connectivity index (χ2n) is 5.05. The predicted molar refractivity (Wildman–Crippen MR) is 74.3 cm³/mol. The first-order chi connectivity index (χ1) is 9.25. The maximum absolute atomic E-state index is 11.3. The fraction of sp³-hybridized carbons (Fsp3) is 0.467. The zero-order chi connectivity index (χ0) is 15.4. The maximum Gasteiger partial charge on any atom is 0.310 e. The molecule has 0 heterocycles. The van der Waals surface area contributed by atoms with Crippen molar-refractivity contribution in [2.24, 2.45) is 0 Å². The summed E-state index contributed by atoms with van der Waals surface area (Å²) in [6, 6.07) is 5.00. The van der Waals surface area contributed by atoms with Crippen molar-refractivity contribution in [2.75, 3.05) is 0 Å². The molecule has 0 spiro atoms. The minimum Gasteiger partial charge on any atom is -0.491 e. The molecule has 0 amide bonds. The molecule has 0 radical (unpaired) electrons. The molecule has 1 aromatic rings. The molecule has 0 aliphatic rings. The lowest BCUT2D eigenvalue weighted by Crippen LogP contribution is -2.18. The third-order valence-electron chi connectivity index (χ3n) is 3.10. The van der Waals surface area contributed by atoms with Crippen molar-refractivity contribution in [3.8, 4) is 5.75 Å². The number of rotatable bonds is 6. The van der Waals surface area contributed by atoms with E-state index in [2.05, 4.69) is 0 Å². The lowest BCUT2D eigenvalue weighted by molar-refractivity contribution is -0.140. The Labute approximate surface area is 118 Å². The molecule has 20 heavy (non-hydrogen) atoms. The summed E-state index contributed by atoms with van der Waals surface area (Å²) in [5.41, 5.74) is 0.911. The molecule has 0 fully saturated rings. The SMILES string of the molecule is CC(C)Oc1cccc(C(C)C(=O)O)c1C(C)C(=O)O. The van der Waals surface area contributed by atoms with Crippen LogP contribution in [-0.4, -0.2) is 28.3 Å². The van der Waals surface area contributed by atoms with Gasteiger partial charge >= 0.3 is 11.9 Å². The summed E-state index contributed by atoms with van der Waals surface area (Å²) in [5.74, 6) is -3.20. The van der Waals surface area contributed by atoms with Crippen LogP contribution in [0.3, 0.4) is 0 Å². The van der Waals surface area contributed by atoms with Gasteiger partial charge < -0.3 is 14.9 Å². The Bertz CT molecular complexity index is 507. The fourth-order valence-electron chi connectivity index (χ4n) is 2.02. The minimum atomic E-state index is -1.01. The largest absolute Gasteiger partial charge is 0.491 e. The van der Waals surface area contributed by atoms with E-state index in [1.54, 1.807) is 18.2 Å². The van der Waals surface area contributed by atoms with Crippen LogP contribution in [-0.2, 0) is 9.59 Å². The van der Waals surface area contributed by atoms with Gasteiger partial charge in [0.2, 0.25) is 0 Å². The van der Waals surface area contributed by atoms with E-state index in [4.69, 9.17) is 9.84 Å². The summed E-state index contributed by atoms with van der Waals surface area (Å²) < 4.78 is 5.63. The van der Waals surface area contributed by atoms with Crippen LogP contribution < -0.4 is 4.74 Å². The molecule has 2 atom stereocenters. The molecule has 5 nitrogen and oxygen atoms in total. The first-order valence-corrected chi connectivity index (χ1v) is 6.50. The zero-order valence-corrected chi connectivity index (χ0v) is 12.1. The van der Waals surface area contributed by atoms with Crippen LogP contribution >= 0.6 is 0 Å². The van der Waals surface area contributed by atoms with E-state index >= 15 is 0 Å². The van der Waals surface area contributed by atoms with Crippen molar-refractivity contribution in [1.29, 1.82) is 0 Å². The van der Waals surface area contributed by atoms with Gasteiger partial charge in [0.25, 0.3) is 0 Å². The van der Waals surface area contributed by atoms with Gasteiger partial charge in [-0.05, 0) is 39.3 Å². The Kier molecular flexibility index (Phi) is 5.13. The van der Waals surface area contributed by atoms with Gasteiger partial charge in [0.05, 0.1) is 17.9 Å². The van der Waals surface area contributed by atoms with E-state index in [0.29, 0.717) is 16.9 Å². The van der Waals surface area contributed by atoms with Crippen LogP contribution in [0.25, 0.3) is 0 Å². The highest BCUT2D eigenvalue weighted by molar-refractivity contribution is 5.81. The second-order valence-corrected chi connectivity index (χ2v) is 5.05. The average molecular weight is 280 g/mol. The summed E-state index contributed by atoms with van der Waals surface area (Å²) in [5, 5.41) is 18.4. The maximum atomic E-state index is 11.3. The molecule has 2 unspecified atom stereocenters. The van der Waals surface area contributed by atoms with Crippen molar-refractivity contribution < 1.29 is 24.5 Å². The van der Waals surface area contributed by atoms with Gasteiger partial charge in [-0.1, -0.05) is 12.1 Å². The van der Waals surface area contributed by atoms with Crippen LogP contribution in [0.2, 0.25) is 0 Å². The highest BCUT2D eigenvalue weighted by atomic mass is 16.5. The number of aliphatic carboxylic acids is 2. The Hall–Kier alpha value is -2.04. The molecule has 0 aliphatic carbocycles. The van der Waals surface area contributed by atoms with Crippen LogP contribution in [0.5, 0.6) is 5.75 Å². The molecule has 1 rings (SSSR count). The molecule has 0 saturated carbocycles. The Morgan fingerprint density at radius 3 is 2.00 bits per heavy atom. The summed E-state index contributed by atoms with van der Waals surface area (Å²) >= 11 is 0. The summed E-state index contributed by atoms with van der Waals surface area (Å²) in [6.45, 7) is 6.74. The van der Waals surface area contributed by atoms with Gasteiger partial charge in [0, 0.05) is 5.56 Å². The van der Waals surface area contributed by atoms with Gasteiger partial charge in [0.1, 0.15) is 5.75 Å². The number of carboxylic acid groups (broad SMARTS) is 2. The van der Waals surface area contributed by atoms with Gasteiger partial charge in [-0.15, -0.1) is 0 Å². The number of benzene rings is 1. The fourth-order valence-corrected chi connectivity index (χ4v) is 2.02. The van der Waals surface area contributed by atoms with Gasteiger partial charge in [0.15, 0.2) is 0 Å². The lowest BCUT2D eigenvalue weighted by atomic mass is 9.88. The van der Waals surface area contributed by atoms with E-state index < -0.39 is 23.8 Å². The first-order valence-electron chi connectivity index (χ1n) is 6.50. The van der Waals surface area contributed by atoms with E-state index in [1.165, 1.54) is 13.8 Å². The molecule has 0 saturated heterocycles. The van der Waals surface area contributed by atoms with Gasteiger partial charge in [-0.2, -0.15) is 0 Å². The van der Waals surface area contributed by atoms with Crippen LogP contribution in [0.4, 0.5) is 0 Å². The Morgan fingerprint density at radius 2 is 1.55 bits per heavy atom. The minimum absolute atomic E-state index is 0.120. The first kappa shape index (κ1) is 16.0. The normalized spacial score (nSPS) is 13.8. The molecule has 1 aromatic carbocycles. The average Bonchev–Trinajstić information content (AvgIpc) is 2.35. The van der Waals surface area contributed by atoms with Crippen molar-refractivity contribution in [3.05, 3.63) is 29.3 Å².